The first-order valence-corrected chi connectivity index (χ1v) is 6.72. The van der Waals surface area contributed by atoms with Gasteiger partial charge in [-0.2, -0.15) is 0 Å². The number of methoxy groups -OCH3 is 1. The van der Waals surface area contributed by atoms with Gasteiger partial charge in [0, 0.05) is 18.8 Å². The molecule has 0 aromatic heterocycles. The minimum Gasteiger partial charge on any atom is -0.465 e. The van der Waals surface area contributed by atoms with Crippen LogP contribution in [-0.4, -0.2) is 19.6 Å². The zero-order chi connectivity index (χ0) is 14.4. The second kappa shape index (κ2) is 8.32. The van der Waals surface area contributed by atoms with Crippen molar-refractivity contribution in [3.63, 3.8) is 0 Å². The molecule has 0 saturated heterocycles. The maximum Gasteiger partial charge on any atom is 0.337 e. The average molecular weight is 306 g/mol. The first-order valence-electron chi connectivity index (χ1n) is 6.72. The molecule has 0 fully saturated rings. The molecule has 0 atom stereocenters. The summed E-state index contributed by atoms with van der Waals surface area (Å²) in [4.78, 5) is 13.7. The van der Waals surface area contributed by atoms with Gasteiger partial charge in [0.1, 0.15) is 0 Å². The lowest BCUT2D eigenvalue weighted by Gasteiger charge is -2.23. The number of para-hydroxylation sites is 1. The van der Waals surface area contributed by atoms with Gasteiger partial charge in [-0.1, -0.05) is 30.3 Å². The van der Waals surface area contributed by atoms with E-state index >= 15 is 0 Å². The van der Waals surface area contributed by atoms with E-state index in [0.717, 1.165) is 13.1 Å². The molecule has 21 heavy (non-hydrogen) atoms. The Morgan fingerprint density at radius 1 is 1.05 bits per heavy atom. The Labute approximate surface area is 132 Å². The molecule has 0 unspecified atom stereocenters. The van der Waals surface area contributed by atoms with Crippen molar-refractivity contribution in [3.8, 4) is 0 Å². The zero-order valence-corrected chi connectivity index (χ0v) is 13.1. The molecule has 0 bridgehead atoms. The third-order valence-electron chi connectivity index (χ3n) is 3.25. The van der Waals surface area contributed by atoms with Crippen molar-refractivity contribution in [3.05, 3.63) is 65.7 Å². The summed E-state index contributed by atoms with van der Waals surface area (Å²) in [7, 11) is 1.39. The number of rotatable bonds is 5. The Morgan fingerprint density at radius 2 is 1.67 bits per heavy atom. The first-order chi connectivity index (χ1) is 9.74. The predicted molar refractivity (Wildman–Crippen MR) is 88.2 cm³/mol. The SMILES string of the molecule is CCN(Cc1ccc(C(=O)OC)cc1)c1ccccc1.Cl. The molecule has 0 N–H and O–H groups in total. The van der Waals surface area contributed by atoms with E-state index in [1.54, 1.807) is 12.1 Å². The van der Waals surface area contributed by atoms with Crippen LogP contribution in [0.4, 0.5) is 5.69 Å². The van der Waals surface area contributed by atoms with Crippen molar-refractivity contribution >= 4 is 24.1 Å². The topological polar surface area (TPSA) is 29.5 Å². The smallest absolute Gasteiger partial charge is 0.337 e. The highest BCUT2D eigenvalue weighted by Crippen LogP contribution is 2.16. The molecule has 3 nitrogen and oxygen atoms in total. The van der Waals surface area contributed by atoms with E-state index in [4.69, 9.17) is 4.74 Å². The number of esters is 1. The van der Waals surface area contributed by atoms with E-state index in [2.05, 4.69) is 24.0 Å². The van der Waals surface area contributed by atoms with Crippen LogP contribution < -0.4 is 4.90 Å². The Bertz CT molecular complexity index is 555. The molecule has 4 heteroatoms. The molecule has 2 aromatic carbocycles. The monoisotopic (exact) mass is 305 g/mol. The van der Waals surface area contributed by atoms with Crippen LogP contribution in [0, 0.1) is 0 Å². The molecule has 0 aliphatic carbocycles. The molecule has 0 spiro atoms. The number of benzene rings is 2. The van der Waals surface area contributed by atoms with Crippen LogP contribution >= 0.6 is 12.4 Å². The van der Waals surface area contributed by atoms with Gasteiger partial charge in [0.25, 0.3) is 0 Å². The fourth-order valence-corrected chi connectivity index (χ4v) is 2.11. The van der Waals surface area contributed by atoms with Crippen LogP contribution in [-0.2, 0) is 11.3 Å². The van der Waals surface area contributed by atoms with Crippen molar-refractivity contribution in [1.82, 2.24) is 0 Å². The van der Waals surface area contributed by atoms with Gasteiger partial charge in [0.2, 0.25) is 0 Å². The summed E-state index contributed by atoms with van der Waals surface area (Å²) in [5.41, 5.74) is 2.95. The molecular weight excluding hydrogens is 286 g/mol. The normalized spacial score (nSPS) is 9.62. The molecule has 0 aliphatic heterocycles. The van der Waals surface area contributed by atoms with Crippen LogP contribution in [0.3, 0.4) is 0 Å². The predicted octanol–water partition coefficient (Wildman–Crippen LogP) is 3.92. The summed E-state index contributed by atoms with van der Waals surface area (Å²) in [6, 6.07) is 17.9. The molecule has 0 saturated carbocycles. The van der Waals surface area contributed by atoms with Gasteiger partial charge < -0.3 is 9.64 Å². The van der Waals surface area contributed by atoms with Crippen molar-refractivity contribution in [2.45, 2.75) is 13.5 Å². The number of halogens is 1. The number of hydrogen-bond acceptors (Lipinski definition) is 3. The Morgan fingerprint density at radius 3 is 2.19 bits per heavy atom. The number of carbonyl (C=O) groups is 1. The Balaban J connectivity index is 0.00000220. The van der Waals surface area contributed by atoms with E-state index in [0.29, 0.717) is 5.56 Å². The van der Waals surface area contributed by atoms with Gasteiger partial charge in [-0.3, -0.25) is 0 Å². The van der Waals surface area contributed by atoms with Crippen molar-refractivity contribution < 1.29 is 9.53 Å². The number of nitrogens with zero attached hydrogens (tertiary/aromatic N) is 1. The molecule has 0 aliphatic rings. The average Bonchev–Trinajstić information content (AvgIpc) is 2.53. The highest BCUT2D eigenvalue weighted by atomic mass is 35.5. The molecule has 0 heterocycles. The van der Waals surface area contributed by atoms with Gasteiger partial charge in [-0.25, -0.2) is 4.79 Å². The maximum absolute atomic E-state index is 11.4. The molecule has 2 rings (SSSR count). The Kier molecular flexibility index (Phi) is 6.76. The Hall–Kier alpha value is -2.00. The largest absolute Gasteiger partial charge is 0.465 e. The number of ether oxygens (including phenoxy) is 1. The highest BCUT2D eigenvalue weighted by Gasteiger charge is 2.07. The quantitative estimate of drug-likeness (QED) is 0.784. The fourth-order valence-electron chi connectivity index (χ4n) is 2.11. The van der Waals surface area contributed by atoms with Crippen LogP contribution in [0.15, 0.2) is 54.6 Å². The summed E-state index contributed by atoms with van der Waals surface area (Å²) in [6.45, 7) is 3.89. The maximum atomic E-state index is 11.4. The van der Waals surface area contributed by atoms with Crippen LogP contribution in [0.2, 0.25) is 0 Å². The van der Waals surface area contributed by atoms with E-state index in [1.807, 2.05) is 30.3 Å². The lowest BCUT2D eigenvalue weighted by Crippen LogP contribution is -2.21. The fraction of sp³-hybridized carbons (Fsp3) is 0.235. The van der Waals surface area contributed by atoms with Gasteiger partial charge in [0.05, 0.1) is 12.7 Å². The van der Waals surface area contributed by atoms with Crippen molar-refractivity contribution in [2.75, 3.05) is 18.6 Å². The van der Waals surface area contributed by atoms with E-state index in [9.17, 15) is 4.79 Å². The second-order valence-electron chi connectivity index (χ2n) is 4.54. The van der Waals surface area contributed by atoms with Gasteiger partial charge in [-0.15, -0.1) is 12.4 Å². The van der Waals surface area contributed by atoms with Gasteiger partial charge in [-0.05, 0) is 36.8 Å². The van der Waals surface area contributed by atoms with Crippen molar-refractivity contribution in [1.29, 1.82) is 0 Å². The summed E-state index contributed by atoms with van der Waals surface area (Å²) in [5, 5.41) is 0. The third kappa shape index (κ3) is 4.50. The van der Waals surface area contributed by atoms with Crippen LogP contribution in [0.25, 0.3) is 0 Å². The van der Waals surface area contributed by atoms with E-state index < -0.39 is 0 Å². The van der Waals surface area contributed by atoms with Gasteiger partial charge in [0.15, 0.2) is 0 Å². The summed E-state index contributed by atoms with van der Waals surface area (Å²) >= 11 is 0. The molecular formula is C17H20ClNO2. The van der Waals surface area contributed by atoms with E-state index in [1.165, 1.54) is 18.4 Å². The molecule has 0 amide bonds. The highest BCUT2D eigenvalue weighted by molar-refractivity contribution is 5.89. The minimum atomic E-state index is -0.299. The molecule has 0 radical (unpaired) electrons. The third-order valence-corrected chi connectivity index (χ3v) is 3.25. The molecule has 112 valence electrons. The van der Waals surface area contributed by atoms with Crippen LogP contribution in [0.5, 0.6) is 0 Å². The summed E-state index contributed by atoms with van der Waals surface area (Å²) in [6.07, 6.45) is 0. The lowest BCUT2D eigenvalue weighted by molar-refractivity contribution is 0.0600. The number of carbonyl (C=O) groups excluding carboxylic acids is 1. The summed E-state index contributed by atoms with van der Waals surface area (Å²) < 4.78 is 4.70. The zero-order valence-electron chi connectivity index (χ0n) is 12.3. The first kappa shape index (κ1) is 17.1. The van der Waals surface area contributed by atoms with Gasteiger partial charge >= 0.3 is 5.97 Å². The minimum absolute atomic E-state index is 0. The van der Waals surface area contributed by atoms with E-state index in [-0.39, 0.29) is 18.4 Å². The van der Waals surface area contributed by atoms with Crippen molar-refractivity contribution in [2.24, 2.45) is 0 Å². The second-order valence-corrected chi connectivity index (χ2v) is 4.54. The molecule has 2 aromatic rings. The summed E-state index contributed by atoms with van der Waals surface area (Å²) in [5.74, 6) is -0.299. The van der Waals surface area contributed by atoms with Crippen LogP contribution in [0.1, 0.15) is 22.8 Å². The number of anilines is 1. The number of hydrogen-bond donors (Lipinski definition) is 0. The lowest BCUT2D eigenvalue weighted by atomic mass is 10.1. The standard InChI is InChI=1S/C17H19NO2.ClH/c1-3-18(16-7-5-4-6-8-16)13-14-9-11-15(12-10-14)17(19)20-2;/h4-12H,3,13H2,1-2H3;1H.